The fourth-order valence-electron chi connectivity index (χ4n) is 2.20. The lowest BCUT2D eigenvalue weighted by Gasteiger charge is -2.12. The van der Waals surface area contributed by atoms with Crippen LogP contribution in [0.5, 0.6) is 0 Å². The maximum atomic E-state index is 13.5. The summed E-state index contributed by atoms with van der Waals surface area (Å²) in [6.45, 7) is 0. The number of amides is 1. The molecule has 128 valence electrons. The zero-order chi connectivity index (χ0) is 18.0. The highest BCUT2D eigenvalue weighted by Crippen LogP contribution is 2.33. The summed E-state index contributed by atoms with van der Waals surface area (Å²) in [5.41, 5.74) is -1.92. The lowest BCUT2D eigenvalue weighted by atomic mass is 10.2. The van der Waals surface area contributed by atoms with Crippen LogP contribution < -0.4 is 5.32 Å². The Morgan fingerprint density at radius 3 is 2.56 bits per heavy atom. The second kappa shape index (κ2) is 6.34. The molecular formula is C16H10F4N4O. The molecule has 2 aromatic heterocycles. The monoisotopic (exact) mass is 350 g/mol. The molecule has 0 saturated carbocycles. The van der Waals surface area contributed by atoms with Crippen molar-refractivity contribution in [2.75, 3.05) is 5.32 Å². The summed E-state index contributed by atoms with van der Waals surface area (Å²) in [4.78, 5) is 16.0. The number of hydrogen-bond acceptors (Lipinski definition) is 3. The van der Waals surface area contributed by atoms with Crippen molar-refractivity contribution in [3.63, 3.8) is 0 Å². The van der Waals surface area contributed by atoms with Gasteiger partial charge in [0.15, 0.2) is 11.5 Å². The predicted molar refractivity (Wildman–Crippen MR) is 80.7 cm³/mol. The van der Waals surface area contributed by atoms with E-state index >= 15 is 0 Å². The van der Waals surface area contributed by atoms with Gasteiger partial charge in [0, 0.05) is 11.9 Å². The lowest BCUT2D eigenvalue weighted by molar-refractivity contribution is -0.143. The summed E-state index contributed by atoms with van der Waals surface area (Å²) in [6.07, 6.45) is -2.74. The van der Waals surface area contributed by atoms with Crippen molar-refractivity contribution in [1.29, 1.82) is 0 Å². The van der Waals surface area contributed by atoms with E-state index in [1.165, 1.54) is 36.5 Å². The molecular weight excluding hydrogens is 340 g/mol. The van der Waals surface area contributed by atoms with Crippen LogP contribution in [0, 0.1) is 5.82 Å². The van der Waals surface area contributed by atoms with E-state index in [2.05, 4.69) is 15.4 Å². The Hall–Kier alpha value is -3.23. The molecule has 0 aliphatic heterocycles. The number of halogens is 4. The number of carbonyl (C=O) groups excluding carboxylic acids is 1. The molecule has 0 aliphatic carbocycles. The molecule has 1 aromatic carbocycles. The van der Waals surface area contributed by atoms with Crippen molar-refractivity contribution in [3.8, 4) is 5.82 Å². The first-order valence-electron chi connectivity index (χ1n) is 7.00. The van der Waals surface area contributed by atoms with Crippen LogP contribution in [0.15, 0.2) is 54.9 Å². The number of nitrogens with zero attached hydrogens (tertiary/aromatic N) is 3. The fraction of sp³-hybridized carbons (Fsp3) is 0.0625. The standard InChI is InChI=1S/C16H10F4N4O/c17-10-4-3-5-11(8-10)23-15(25)12-9-22-24(14(12)16(18,19)20)13-6-1-2-7-21-13/h1-9H,(H,23,25). The second-order valence-electron chi connectivity index (χ2n) is 4.97. The van der Waals surface area contributed by atoms with Gasteiger partial charge < -0.3 is 5.32 Å². The Morgan fingerprint density at radius 1 is 1.12 bits per heavy atom. The molecule has 9 heteroatoms. The van der Waals surface area contributed by atoms with E-state index in [9.17, 15) is 22.4 Å². The van der Waals surface area contributed by atoms with Gasteiger partial charge in [0.25, 0.3) is 5.91 Å². The Balaban J connectivity index is 2.02. The van der Waals surface area contributed by atoms with E-state index in [4.69, 9.17) is 0 Å². The number of benzene rings is 1. The van der Waals surface area contributed by atoms with Crippen LogP contribution >= 0.6 is 0 Å². The van der Waals surface area contributed by atoms with Gasteiger partial charge in [0.05, 0.1) is 11.8 Å². The van der Waals surface area contributed by atoms with Gasteiger partial charge in [-0.3, -0.25) is 4.79 Å². The quantitative estimate of drug-likeness (QED) is 0.733. The number of carbonyl (C=O) groups is 1. The Morgan fingerprint density at radius 2 is 1.92 bits per heavy atom. The van der Waals surface area contributed by atoms with Crippen molar-refractivity contribution in [2.24, 2.45) is 0 Å². The number of pyridine rings is 1. The number of aromatic nitrogens is 3. The van der Waals surface area contributed by atoms with Gasteiger partial charge in [-0.05, 0) is 30.3 Å². The highest BCUT2D eigenvalue weighted by Gasteiger charge is 2.40. The molecule has 5 nitrogen and oxygen atoms in total. The first-order valence-corrected chi connectivity index (χ1v) is 7.00. The summed E-state index contributed by atoms with van der Waals surface area (Å²) in [5.74, 6) is -1.77. The minimum absolute atomic E-state index is 0.0312. The van der Waals surface area contributed by atoms with Crippen molar-refractivity contribution in [3.05, 3.63) is 71.9 Å². The largest absolute Gasteiger partial charge is 0.434 e. The van der Waals surface area contributed by atoms with E-state index in [0.717, 1.165) is 18.3 Å². The number of alkyl halides is 3. The Bertz CT molecular complexity index is 906. The number of rotatable bonds is 3. The zero-order valence-corrected chi connectivity index (χ0v) is 12.5. The minimum atomic E-state index is -4.84. The third-order valence-corrected chi connectivity index (χ3v) is 3.23. The molecule has 0 fully saturated rings. The summed E-state index contributed by atoms with van der Waals surface area (Å²) < 4.78 is 54.1. The van der Waals surface area contributed by atoms with Crippen LogP contribution in [0.3, 0.4) is 0 Å². The van der Waals surface area contributed by atoms with Crippen LogP contribution in [0.1, 0.15) is 16.1 Å². The molecule has 0 saturated heterocycles. The fourth-order valence-corrected chi connectivity index (χ4v) is 2.20. The molecule has 0 radical (unpaired) electrons. The van der Waals surface area contributed by atoms with Gasteiger partial charge in [0.1, 0.15) is 5.82 Å². The van der Waals surface area contributed by atoms with Gasteiger partial charge in [0.2, 0.25) is 0 Å². The van der Waals surface area contributed by atoms with Crippen molar-refractivity contribution in [2.45, 2.75) is 6.18 Å². The summed E-state index contributed by atoms with van der Waals surface area (Å²) in [5, 5.41) is 5.86. The topological polar surface area (TPSA) is 59.8 Å². The van der Waals surface area contributed by atoms with Crippen LogP contribution in [-0.4, -0.2) is 20.7 Å². The van der Waals surface area contributed by atoms with Gasteiger partial charge in [-0.2, -0.15) is 18.3 Å². The highest BCUT2D eigenvalue weighted by atomic mass is 19.4. The van der Waals surface area contributed by atoms with Gasteiger partial charge in [-0.25, -0.2) is 14.1 Å². The average Bonchev–Trinajstić information content (AvgIpc) is 3.01. The zero-order valence-electron chi connectivity index (χ0n) is 12.5. The van der Waals surface area contributed by atoms with Crippen LogP contribution in [0.25, 0.3) is 5.82 Å². The molecule has 1 amide bonds. The smallest absolute Gasteiger partial charge is 0.322 e. The molecule has 3 rings (SSSR count). The molecule has 0 atom stereocenters. The Labute approximate surface area is 138 Å². The third kappa shape index (κ3) is 3.49. The first-order chi connectivity index (χ1) is 11.9. The molecule has 2 heterocycles. The summed E-state index contributed by atoms with van der Waals surface area (Å²) >= 11 is 0. The van der Waals surface area contributed by atoms with Crippen molar-refractivity contribution < 1.29 is 22.4 Å². The molecule has 0 spiro atoms. The average molecular weight is 350 g/mol. The number of anilines is 1. The second-order valence-corrected chi connectivity index (χ2v) is 4.97. The van der Waals surface area contributed by atoms with E-state index in [-0.39, 0.29) is 11.5 Å². The predicted octanol–water partition coefficient (Wildman–Crippen LogP) is 3.68. The van der Waals surface area contributed by atoms with Crippen molar-refractivity contribution >= 4 is 11.6 Å². The summed E-state index contributed by atoms with van der Waals surface area (Å²) in [7, 11) is 0. The molecule has 25 heavy (non-hydrogen) atoms. The van der Waals surface area contributed by atoms with E-state index in [1.54, 1.807) is 0 Å². The highest BCUT2D eigenvalue weighted by molar-refractivity contribution is 6.05. The lowest BCUT2D eigenvalue weighted by Crippen LogP contribution is -2.21. The van der Waals surface area contributed by atoms with Crippen LogP contribution in [0.2, 0.25) is 0 Å². The van der Waals surface area contributed by atoms with Crippen molar-refractivity contribution in [1.82, 2.24) is 14.8 Å². The molecule has 0 unspecified atom stereocenters. The molecule has 0 bridgehead atoms. The normalized spacial score (nSPS) is 11.4. The van der Waals surface area contributed by atoms with Crippen LogP contribution in [-0.2, 0) is 6.18 Å². The van der Waals surface area contributed by atoms with E-state index < -0.39 is 29.2 Å². The minimum Gasteiger partial charge on any atom is -0.322 e. The number of hydrogen-bond donors (Lipinski definition) is 1. The van der Waals surface area contributed by atoms with E-state index in [1.807, 2.05) is 0 Å². The maximum Gasteiger partial charge on any atom is 0.434 e. The number of nitrogens with one attached hydrogen (secondary N) is 1. The molecule has 1 N–H and O–H groups in total. The Kier molecular flexibility index (Phi) is 4.22. The first kappa shape index (κ1) is 16.6. The van der Waals surface area contributed by atoms with Crippen LogP contribution in [0.4, 0.5) is 23.2 Å². The van der Waals surface area contributed by atoms with Gasteiger partial charge in [-0.1, -0.05) is 12.1 Å². The molecule has 0 aliphatic rings. The third-order valence-electron chi connectivity index (χ3n) is 3.23. The molecule has 3 aromatic rings. The SMILES string of the molecule is O=C(Nc1cccc(F)c1)c1cnn(-c2ccccn2)c1C(F)(F)F. The van der Waals surface area contributed by atoms with Gasteiger partial charge in [-0.15, -0.1) is 0 Å². The summed E-state index contributed by atoms with van der Waals surface area (Å²) in [6, 6.07) is 9.19. The van der Waals surface area contributed by atoms with Gasteiger partial charge >= 0.3 is 6.18 Å². The maximum absolute atomic E-state index is 13.5. The van der Waals surface area contributed by atoms with E-state index in [0.29, 0.717) is 4.68 Å².